The number of aliphatic imine (C=N–C) groups is 1. The number of thioether (sulfide) groups is 1. The maximum atomic E-state index is 4.30. The van der Waals surface area contributed by atoms with Gasteiger partial charge in [0, 0.05) is 31.8 Å². The van der Waals surface area contributed by atoms with Crippen LogP contribution in [-0.2, 0) is 0 Å². The van der Waals surface area contributed by atoms with Crippen LogP contribution in [-0.4, -0.2) is 38.1 Å². The summed E-state index contributed by atoms with van der Waals surface area (Å²) in [5.41, 5.74) is 2.62. The van der Waals surface area contributed by atoms with Crippen LogP contribution in [0.2, 0.25) is 0 Å². The molecule has 0 aliphatic carbocycles. The van der Waals surface area contributed by atoms with E-state index in [1.807, 2.05) is 18.8 Å². The number of guanidine groups is 1. The Hall–Kier alpha value is -1.94. The van der Waals surface area contributed by atoms with E-state index in [1.54, 1.807) is 0 Å². The second-order valence-electron chi connectivity index (χ2n) is 5.25. The van der Waals surface area contributed by atoms with E-state index in [1.165, 1.54) is 11.1 Å². The van der Waals surface area contributed by atoms with Crippen molar-refractivity contribution in [2.24, 2.45) is 4.99 Å². The first kappa shape index (κ1) is 17.4. The van der Waals surface area contributed by atoms with Gasteiger partial charge in [-0.3, -0.25) is 4.99 Å². The van der Waals surface area contributed by atoms with Crippen molar-refractivity contribution in [2.75, 3.05) is 32.1 Å². The first-order chi connectivity index (χ1) is 11.3. The standard InChI is InChI=1S/C19H25N3S/c1-20-19(21-13-14-23-2)22-15-18(16-9-5-3-6-10-16)17-11-7-4-8-12-17/h3-12,18H,13-15H2,1-2H3,(H2,20,21,22). The summed E-state index contributed by atoms with van der Waals surface area (Å²) in [5.74, 6) is 2.23. The van der Waals surface area contributed by atoms with E-state index in [9.17, 15) is 0 Å². The summed E-state index contributed by atoms with van der Waals surface area (Å²) in [7, 11) is 1.81. The van der Waals surface area contributed by atoms with Gasteiger partial charge < -0.3 is 10.6 Å². The summed E-state index contributed by atoms with van der Waals surface area (Å²) in [6.07, 6.45) is 2.11. The third-order valence-corrected chi connectivity index (χ3v) is 4.31. The number of rotatable bonds is 7. The van der Waals surface area contributed by atoms with Crippen LogP contribution >= 0.6 is 11.8 Å². The summed E-state index contributed by atoms with van der Waals surface area (Å²) in [6, 6.07) is 21.2. The number of hydrogen-bond acceptors (Lipinski definition) is 2. The molecule has 0 spiro atoms. The van der Waals surface area contributed by atoms with Crippen LogP contribution in [0.1, 0.15) is 17.0 Å². The van der Waals surface area contributed by atoms with E-state index in [4.69, 9.17) is 0 Å². The van der Waals surface area contributed by atoms with E-state index in [-0.39, 0.29) is 0 Å². The highest BCUT2D eigenvalue weighted by molar-refractivity contribution is 7.98. The van der Waals surface area contributed by atoms with Gasteiger partial charge in [0.25, 0.3) is 0 Å². The van der Waals surface area contributed by atoms with Crippen molar-refractivity contribution in [3.63, 3.8) is 0 Å². The SMILES string of the molecule is CN=C(NCCSC)NCC(c1ccccc1)c1ccccc1. The Balaban J connectivity index is 2.07. The molecule has 23 heavy (non-hydrogen) atoms. The summed E-state index contributed by atoms with van der Waals surface area (Å²) in [5, 5.41) is 6.80. The molecule has 0 saturated carbocycles. The molecule has 3 nitrogen and oxygen atoms in total. The quantitative estimate of drug-likeness (QED) is 0.465. The van der Waals surface area contributed by atoms with Gasteiger partial charge in [0.05, 0.1) is 0 Å². The fraction of sp³-hybridized carbons (Fsp3) is 0.316. The van der Waals surface area contributed by atoms with Crippen LogP contribution in [0.3, 0.4) is 0 Å². The van der Waals surface area contributed by atoms with Crippen molar-refractivity contribution in [2.45, 2.75) is 5.92 Å². The molecular formula is C19H25N3S. The Morgan fingerprint density at radius 1 is 0.957 bits per heavy atom. The van der Waals surface area contributed by atoms with Gasteiger partial charge >= 0.3 is 0 Å². The molecule has 4 heteroatoms. The monoisotopic (exact) mass is 327 g/mol. The molecule has 2 aromatic carbocycles. The zero-order valence-corrected chi connectivity index (χ0v) is 14.6. The van der Waals surface area contributed by atoms with Crippen LogP contribution in [0.15, 0.2) is 65.7 Å². The first-order valence-electron chi connectivity index (χ1n) is 7.88. The summed E-state index contributed by atoms with van der Waals surface area (Å²) < 4.78 is 0. The summed E-state index contributed by atoms with van der Waals surface area (Å²) in [4.78, 5) is 4.30. The van der Waals surface area contributed by atoms with E-state index in [0.29, 0.717) is 5.92 Å². The van der Waals surface area contributed by atoms with Crippen LogP contribution in [0, 0.1) is 0 Å². The van der Waals surface area contributed by atoms with Crippen molar-refractivity contribution in [3.05, 3.63) is 71.8 Å². The lowest BCUT2D eigenvalue weighted by atomic mass is 9.91. The zero-order chi connectivity index (χ0) is 16.3. The minimum Gasteiger partial charge on any atom is -0.356 e. The molecule has 0 radical (unpaired) electrons. The average molecular weight is 327 g/mol. The first-order valence-corrected chi connectivity index (χ1v) is 9.28. The average Bonchev–Trinajstić information content (AvgIpc) is 2.62. The molecule has 0 aliphatic rings. The van der Waals surface area contributed by atoms with Crippen LogP contribution in [0.5, 0.6) is 0 Å². The van der Waals surface area contributed by atoms with Gasteiger partial charge in [-0.1, -0.05) is 60.7 Å². The largest absolute Gasteiger partial charge is 0.356 e. The Bertz CT molecular complexity index is 545. The maximum Gasteiger partial charge on any atom is 0.191 e. The number of nitrogens with zero attached hydrogens (tertiary/aromatic N) is 1. The third kappa shape index (κ3) is 5.64. The fourth-order valence-corrected chi connectivity index (χ4v) is 2.80. The topological polar surface area (TPSA) is 36.4 Å². The molecule has 0 bridgehead atoms. The molecule has 2 N–H and O–H groups in total. The van der Waals surface area contributed by atoms with Crippen LogP contribution < -0.4 is 10.6 Å². The van der Waals surface area contributed by atoms with Gasteiger partial charge in [0.1, 0.15) is 0 Å². The molecule has 2 rings (SSSR count). The molecular weight excluding hydrogens is 302 g/mol. The van der Waals surface area contributed by atoms with Gasteiger partial charge in [-0.05, 0) is 17.4 Å². The molecule has 0 heterocycles. The molecule has 0 fully saturated rings. The summed E-state index contributed by atoms with van der Waals surface area (Å²) in [6.45, 7) is 1.73. The third-order valence-electron chi connectivity index (χ3n) is 3.70. The van der Waals surface area contributed by atoms with E-state index < -0.39 is 0 Å². The molecule has 0 atom stereocenters. The molecule has 0 aromatic heterocycles. The predicted molar refractivity (Wildman–Crippen MR) is 102 cm³/mol. The van der Waals surface area contributed by atoms with Crippen LogP contribution in [0.25, 0.3) is 0 Å². The van der Waals surface area contributed by atoms with Crippen LogP contribution in [0.4, 0.5) is 0 Å². The van der Waals surface area contributed by atoms with Crippen molar-refractivity contribution in [3.8, 4) is 0 Å². The van der Waals surface area contributed by atoms with Crippen molar-refractivity contribution >= 4 is 17.7 Å². The molecule has 2 aromatic rings. The molecule has 0 unspecified atom stereocenters. The maximum absolute atomic E-state index is 4.30. The van der Waals surface area contributed by atoms with E-state index in [2.05, 4.69) is 82.5 Å². The minimum atomic E-state index is 0.302. The van der Waals surface area contributed by atoms with Gasteiger partial charge in [0.2, 0.25) is 0 Å². The lowest BCUT2D eigenvalue weighted by molar-refractivity contribution is 0.734. The Labute approximate surface area is 143 Å². The lowest BCUT2D eigenvalue weighted by Crippen LogP contribution is -2.40. The predicted octanol–water partition coefficient (Wildman–Crippen LogP) is 3.35. The molecule has 0 saturated heterocycles. The number of benzene rings is 2. The van der Waals surface area contributed by atoms with Gasteiger partial charge in [0.15, 0.2) is 5.96 Å². The summed E-state index contributed by atoms with van der Waals surface area (Å²) >= 11 is 1.83. The second-order valence-corrected chi connectivity index (χ2v) is 6.23. The highest BCUT2D eigenvalue weighted by atomic mass is 32.2. The normalized spacial score (nSPS) is 11.5. The fourth-order valence-electron chi connectivity index (χ4n) is 2.49. The van der Waals surface area contributed by atoms with E-state index >= 15 is 0 Å². The molecule has 0 amide bonds. The molecule has 0 aliphatic heterocycles. The smallest absolute Gasteiger partial charge is 0.191 e. The van der Waals surface area contributed by atoms with E-state index in [0.717, 1.165) is 24.8 Å². The van der Waals surface area contributed by atoms with Crippen molar-refractivity contribution in [1.29, 1.82) is 0 Å². The zero-order valence-electron chi connectivity index (χ0n) is 13.8. The lowest BCUT2D eigenvalue weighted by Gasteiger charge is -2.20. The molecule has 122 valence electrons. The second kappa shape index (κ2) is 9.95. The highest BCUT2D eigenvalue weighted by Gasteiger charge is 2.14. The number of hydrogen-bond donors (Lipinski definition) is 2. The Kier molecular flexibility index (Phi) is 7.54. The van der Waals surface area contributed by atoms with Gasteiger partial charge in [-0.15, -0.1) is 0 Å². The van der Waals surface area contributed by atoms with Gasteiger partial charge in [-0.2, -0.15) is 11.8 Å². The minimum absolute atomic E-state index is 0.302. The Morgan fingerprint density at radius 3 is 2.00 bits per heavy atom. The highest BCUT2D eigenvalue weighted by Crippen LogP contribution is 2.23. The van der Waals surface area contributed by atoms with Crippen molar-refractivity contribution < 1.29 is 0 Å². The van der Waals surface area contributed by atoms with Crippen molar-refractivity contribution in [1.82, 2.24) is 10.6 Å². The number of nitrogens with one attached hydrogen (secondary N) is 2. The Morgan fingerprint density at radius 2 is 1.52 bits per heavy atom. The van der Waals surface area contributed by atoms with Gasteiger partial charge in [-0.25, -0.2) is 0 Å².